The van der Waals surface area contributed by atoms with Crippen molar-refractivity contribution >= 4 is 32.7 Å². The quantitative estimate of drug-likeness (QED) is 0.350. The van der Waals surface area contributed by atoms with Crippen LogP contribution in [-0.4, -0.2) is 0 Å². The third-order valence-electron chi connectivity index (χ3n) is 6.02. The lowest BCUT2D eigenvalue weighted by Crippen LogP contribution is -1.87. The molecule has 0 N–H and O–H groups in total. The summed E-state index contributed by atoms with van der Waals surface area (Å²) in [5.41, 5.74) is 8.47. The average Bonchev–Trinajstić information content (AvgIpc) is 3.02. The van der Waals surface area contributed by atoms with Crippen LogP contribution in [0.25, 0.3) is 32.7 Å². The Labute approximate surface area is 160 Å². The molecule has 0 nitrogen and oxygen atoms in total. The lowest BCUT2D eigenvalue weighted by molar-refractivity contribution is 1.39. The molecular formula is C27H22. The molecule has 4 aromatic rings. The van der Waals surface area contributed by atoms with Gasteiger partial charge in [-0.25, -0.2) is 0 Å². The highest BCUT2D eigenvalue weighted by Gasteiger charge is 2.21. The van der Waals surface area contributed by atoms with Crippen molar-refractivity contribution in [3.63, 3.8) is 0 Å². The largest absolute Gasteiger partial charge is 0.0616 e. The molecule has 1 aliphatic rings. The number of fused-ring (bicyclic) bond motifs is 2. The predicted octanol–water partition coefficient (Wildman–Crippen LogP) is 7.64. The Bertz CT molecular complexity index is 1150. The normalized spacial score (nSPS) is 14.6. The van der Waals surface area contributed by atoms with E-state index in [1.807, 2.05) is 0 Å². The second kappa shape index (κ2) is 6.25. The van der Waals surface area contributed by atoms with Crippen molar-refractivity contribution in [3.05, 3.63) is 107 Å². The van der Waals surface area contributed by atoms with E-state index in [-0.39, 0.29) is 0 Å². The van der Waals surface area contributed by atoms with E-state index in [4.69, 9.17) is 0 Å². The van der Waals surface area contributed by atoms with Gasteiger partial charge in [0.05, 0.1) is 0 Å². The smallest absolute Gasteiger partial charge is 0.000843 e. The predicted molar refractivity (Wildman–Crippen MR) is 118 cm³/mol. The van der Waals surface area contributed by atoms with E-state index in [0.717, 1.165) is 6.42 Å². The van der Waals surface area contributed by atoms with Gasteiger partial charge in [0.15, 0.2) is 0 Å². The first-order valence-corrected chi connectivity index (χ1v) is 9.59. The van der Waals surface area contributed by atoms with Crippen LogP contribution in [0.5, 0.6) is 0 Å². The first-order chi connectivity index (χ1) is 13.2. The highest BCUT2D eigenvalue weighted by molar-refractivity contribution is 5.96. The maximum Gasteiger partial charge on any atom is -0.000843 e. The third kappa shape index (κ3) is 2.69. The molecule has 5 rings (SSSR count). The van der Waals surface area contributed by atoms with E-state index < -0.39 is 0 Å². The van der Waals surface area contributed by atoms with Crippen LogP contribution in [0, 0.1) is 0 Å². The number of allylic oxidation sites excluding steroid dienone is 4. The fourth-order valence-electron chi connectivity index (χ4n) is 4.29. The van der Waals surface area contributed by atoms with Gasteiger partial charge in [-0.15, -0.1) is 0 Å². The van der Waals surface area contributed by atoms with E-state index in [9.17, 15) is 0 Å². The molecule has 0 atom stereocenters. The topological polar surface area (TPSA) is 0 Å². The summed E-state index contributed by atoms with van der Waals surface area (Å²) in [6.07, 6.45) is 1.01. The monoisotopic (exact) mass is 346 g/mol. The molecule has 4 aromatic carbocycles. The van der Waals surface area contributed by atoms with Crippen LogP contribution in [0.2, 0.25) is 0 Å². The lowest BCUT2D eigenvalue weighted by atomic mass is 9.95. The van der Waals surface area contributed by atoms with E-state index in [1.165, 1.54) is 55.0 Å². The van der Waals surface area contributed by atoms with Gasteiger partial charge in [0, 0.05) is 0 Å². The minimum Gasteiger partial charge on any atom is -0.0616 e. The highest BCUT2D eigenvalue weighted by Crippen LogP contribution is 2.43. The minimum absolute atomic E-state index is 1.01. The van der Waals surface area contributed by atoms with Gasteiger partial charge < -0.3 is 0 Å². The standard InChI is InChI=1S/C27H22/c1-18-19(2)27(25-14-12-21-8-4-6-10-23(21)16-25)17-26(18)24-13-11-20-7-3-5-9-22(20)15-24/h3-16H,17H2,1-2H3. The van der Waals surface area contributed by atoms with Crippen LogP contribution in [0.4, 0.5) is 0 Å². The molecule has 0 fully saturated rings. The molecule has 0 aromatic heterocycles. The van der Waals surface area contributed by atoms with Crippen molar-refractivity contribution in [1.29, 1.82) is 0 Å². The summed E-state index contributed by atoms with van der Waals surface area (Å²) in [4.78, 5) is 0. The van der Waals surface area contributed by atoms with Crippen LogP contribution < -0.4 is 0 Å². The molecule has 0 saturated carbocycles. The summed E-state index contributed by atoms with van der Waals surface area (Å²) in [6.45, 7) is 4.54. The van der Waals surface area contributed by atoms with Crippen LogP contribution >= 0.6 is 0 Å². The Morgan fingerprint density at radius 1 is 0.481 bits per heavy atom. The Morgan fingerprint density at radius 2 is 0.889 bits per heavy atom. The van der Waals surface area contributed by atoms with Crippen molar-refractivity contribution in [2.75, 3.05) is 0 Å². The number of hydrogen-bond acceptors (Lipinski definition) is 0. The number of hydrogen-bond donors (Lipinski definition) is 0. The molecule has 130 valence electrons. The summed E-state index contributed by atoms with van der Waals surface area (Å²) in [5, 5.41) is 5.23. The molecule has 0 saturated heterocycles. The number of benzene rings is 4. The van der Waals surface area contributed by atoms with E-state index in [2.05, 4.69) is 98.8 Å². The zero-order chi connectivity index (χ0) is 18.4. The van der Waals surface area contributed by atoms with Crippen molar-refractivity contribution in [2.24, 2.45) is 0 Å². The van der Waals surface area contributed by atoms with Gasteiger partial charge in [-0.1, -0.05) is 72.8 Å². The molecule has 1 aliphatic carbocycles. The summed E-state index contributed by atoms with van der Waals surface area (Å²) in [7, 11) is 0. The van der Waals surface area contributed by atoms with Crippen molar-refractivity contribution in [3.8, 4) is 0 Å². The molecule has 0 aliphatic heterocycles. The maximum absolute atomic E-state index is 2.34. The molecule has 0 heteroatoms. The Morgan fingerprint density at radius 3 is 1.33 bits per heavy atom. The number of rotatable bonds is 2. The molecule has 27 heavy (non-hydrogen) atoms. The van der Waals surface area contributed by atoms with Gasteiger partial charge in [-0.05, 0) is 87.4 Å². The van der Waals surface area contributed by atoms with Crippen molar-refractivity contribution < 1.29 is 0 Å². The molecule has 0 amide bonds. The fourth-order valence-corrected chi connectivity index (χ4v) is 4.29. The van der Waals surface area contributed by atoms with Crippen LogP contribution in [0.1, 0.15) is 31.4 Å². The lowest BCUT2D eigenvalue weighted by Gasteiger charge is -2.09. The van der Waals surface area contributed by atoms with Crippen molar-refractivity contribution in [2.45, 2.75) is 20.3 Å². The SMILES string of the molecule is CC1=C(c2ccc3ccccc3c2)CC(c2ccc3ccccc3c2)=C1C. The average molecular weight is 346 g/mol. The summed E-state index contributed by atoms with van der Waals surface area (Å²) < 4.78 is 0. The minimum atomic E-state index is 1.01. The van der Waals surface area contributed by atoms with Crippen molar-refractivity contribution in [1.82, 2.24) is 0 Å². The van der Waals surface area contributed by atoms with Gasteiger partial charge in [0.2, 0.25) is 0 Å². The van der Waals surface area contributed by atoms with Crippen LogP contribution in [0.3, 0.4) is 0 Å². The molecule has 0 radical (unpaired) electrons. The first-order valence-electron chi connectivity index (χ1n) is 9.59. The van der Waals surface area contributed by atoms with Gasteiger partial charge >= 0.3 is 0 Å². The molecule has 0 unspecified atom stereocenters. The van der Waals surface area contributed by atoms with Gasteiger partial charge in [0.25, 0.3) is 0 Å². The van der Waals surface area contributed by atoms with E-state index in [0.29, 0.717) is 0 Å². The van der Waals surface area contributed by atoms with Gasteiger partial charge in [-0.2, -0.15) is 0 Å². The third-order valence-corrected chi connectivity index (χ3v) is 6.02. The zero-order valence-corrected chi connectivity index (χ0v) is 15.8. The summed E-state index contributed by atoms with van der Waals surface area (Å²) in [6, 6.07) is 30.9. The summed E-state index contributed by atoms with van der Waals surface area (Å²) >= 11 is 0. The molecule has 0 heterocycles. The van der Waals surface area contributed by atoms with Crippen LogP contribution in [0.15, 0.2) is 96.1 Å². The second-order valence-corrected chi connectivity index (χ2v) is 7.51. The van der Waals surface area contributed by atoms with E-state index in [1.54, 1.807) is 0 Å². The Balaban J connectivity index is 1.55. The first kappa shape index (κ1) is 16.1. The second-order valence-electron chi connectivity index (χ2n) is 7.51. The molecule has 0 bridgehead atoms. The van der Waals surface area contributed by atoms with E-state index >= 15 is 0 Å². The van der Waals surface area contributed by atoms with Gasteiger partial charge in [-0.3, -0.25) is 0 Å². The zero-order valence-electron chi connectivity index (χ0n) is 15.8. The molecular weight excluding hydrogens is 324 g/mol. The summed E-state index contributed by atoms with van der Waals surface area (Å²) in [5.74, 6) is 0. The Hall–Kier alpha value is -3.12. The maximum atomic E-state index is 2.34. The van der Waals surface area contributed by atoms with Gasteiger partial charge in [0.1, 0.15) is 0 Å². The fraction of sp³-hybridized carbons (Fsp3) is 0.111. The Kier molecular flexibility index (Phi) is 3.72. The van der Waals surface area contributed by atoms with Crippen LogP contribution in [-0.2, 0) is 0 Å². The molecule has 0 spiro atoms. The highest BCUT2D eigenvalue weighted by atomic mass is 14.3.